The lowest BCUT2D eigenvalue weighted by Gasteiger charge is -2.34. The zero-order valence-corrected chi connectivity index (χ0v) is 12.4. The van der Waals surface area contributed by atoms with Crippen molar-refractivity contribution in [3.63, 3.8) is 0 Å². The summed E-state index contributed by atoms with van der Waals surface area (Å²) in [5.74, 6) is 1.33. The van der Waals surface area contributed by atoms with Gasteiger partial charge in [0.25, 0.3) is 0 Å². The fourth-order valence-corrected chi connectivity index (χ4v) is 3.30. The van der Waals surface area contributed by atoms with E-state index < -0.39 is 0 Å². The van der Waals surface area contributed by atoms with Gasteiger partial charge in [-0.3, -0.25) is 4.79 Å². The molecule has 4 heteroatoms. The molecule has 1 fully saturated rings. The van der Waals surface area contributed by atoms with Gasteiger partial charge in [0.15, 0.2) is 5.78 Å². The Kier molecular flexibility index (Phi) is 3.99. The molecule has 1 aromatic rings. The van der Waals surface area contributed by atoms with Crippen molar-refractivity contribution in [2.75, 3.05) is 13.2 Å². The largest absolute Gasteiger partial charge is 0.492 e. The Morgan fingerprint density at radius 1 is 1.45 bits per heavy atom. The summed E-state index contributed by atoms with van der Waals surface area (Å²) < 4.78 is 11.1. The minimum Gasteiger partial charge on any atom is -0.492 e. The lowest BCUT2D eigenvalue weighted by atomic mass is 9.78. The predicted molar refractivity (Wildman–Crippen MR) is 77.7 cm³/mol. The van der Waals surface area contributed by atoms with Crippen LogP contribution in [-0.2, 0) is 11.2 Å². The molecule has 20 heavy (non-hydrogen) atoms. The molecule has 0 saturated heterocycles. The first-order chi connectivity index (χ1) is 9.67. The van der Waals surface area contributed by atoms with Crippen LogP contribution >= 0.6 is 11.6 Å². The smallest absolute Gasteiger partial charge is 0.166 e. The average molecular weight is 295 g/mol. The zero-order valence-electron chi connectivity index (χ0n) is 11.7. The number of rotatable bonds is 5. The van der Waals surface area contributed by atoms with E-state index in [1.807, 2.05) is 13.0 Å². The third-order valence-corrected chi connectivity index (χ3v) is 4.34. The van der Waals surface area contributed by atoms with Crippen LogP contribution in [0.15, 0.2) is 12.1 Å². The van der Waals surface area contributed by atoms with Crippen LogP contribution in [0.1, 0.15) is 42.1 Å². The average Bonchev–Trinajstić information content (AvgIpc) is 2.83. The van der Waals surface area contributed by atoms with Gasteiger partial charge in [0.05, 0.1) is 18.3 Å². The van der Waals surface area contributed by atoms with Gasteiger partial charge in [-0.1, -0.05) is 11.6 Å². The maximum absolute atomic E-state index is 12.4. The van der Waals surface area contributed by atoms with Crippen LogP contribution < -0.4 is 4.74 Å². The molecule has 0 spiro atoms. The highest BCUT2D eigenvalue weighted by Crippen LogP contribution is 2.37. The molecule has 3 nitrogen and oxygen atoms in total. The molecule has 0 amide bonds. The van der Waals surface area contributed by atoms with E-state index in [4.69, 9.17) is 21.1 Å². The molecule has 0 aromatic heterocycles. The predicted octanol–water partition coefficient (Wildman–Crippen LogP) is 3.66. The second-order valence-corrected chi connectivity index (χ2v) is 6.02. The summed E-state index contributed by atoms with van der Waals surface area (Å²) in [6.45, 7) is 3.40. The summed E-state index contributed by atoms with van der Waals surface area (Å²) >= 11 is 6.09. The molecule has 0 unspecified atom stereocenters. The quantitative estimate of drug-likeness (QED) is 0.778. The molecule has 2 aliphatic rings. The number of carbonyl (C=O) groups is 1. The van der Waals surface area contributed by atoms with E-state index in [2.05, 4.69) is 0 Å². The summed E-state index contributed by atoms with van der Waals surface area (Å²) in [5.41, 5.74) is 1.71. The minimum absolute atomic E-state index is 0.144. The van der Waals surface area contributed by atoms with E-state index in [0.717, 1.165) is 37.2 Å². The monoisotopic (exact) mass is 294 g/mol. The SMILES string of the molecule is CCOC1CC(CC(=O)c2cc(Cl)cc3c2OCC3)C1. The number of benzene rings is 1. The van der Waals surface area contributed by atoms with Crippen molar-refractivity contribution in [3.8, 4) is 5.75 Å². The topological polar surface area (TPSA) is 35.5 Å². The summed E-state index contributed by atoms with van der Waals surface area (Å²) in [6, 6.07) is 3.64. The Labute approximate surface area is 124 Å². The van der Waals surface area contributed by atoms with Crippen LogP contribution in [-0.4, -0.2) is 25.1 Å². The minimum atomic E-state index is 0.144. The Balaban J connectivity index is 1.67. The second kappa shape index (κ2) is 5.74. The Bertz CT molecular complexity index is 521. The standard InChI is InChI=1S/C16H19ClO3/c1-2-19-13-5-10(6-13)7-15(18)14-9-12(17)8-11-3-4-20-16(11)14/h8-10,13H,2-7H2,1H3. The number of hydrogen-bond donors (Lipinski definition) is 0. The summed E-state index contributed by atoms with van der Waals surface area (Å²) in [7, 11) is 0. The number of hydrogen-bond acceptors (Lipinski definition) is 3. The summed E-state index contributed by atoms with van der Waals surface area (Å²) in [6.07, 6.45) is 3.73. The highest BCUT2D eigenvalue weighted by molar-refractivity contribution is 6.31. The molecule has 1 heterocycles. The molecule has 0 radical (unpaired) electrons. The lowest BCUT2D eigenvalue weighted by molar-refractivity contribution is -0.0246. The van der Waals surface area contributed by atoms with Crippen molar-refractivity contribution in [2.45, 2.75) is 38.7 Å². The van der Waals surface area contributed by atoms with Crippen molar-refractivity contribution in [1.29, 1.82) is 0 Å². The van der Waals surface area contributed by atoms with Crippen LogP contribution in [0, 0.1) is 5.92 Å². The lowest BCUT2D eigenvalue weighted by Crippen LogP contribution is -2.32. The van der Waals surface area contributed by atoms with Gasteiger partial charge >= 0.3 is 0 Å². The Hall–Kier alpha value is -1.06. The number of Topliss-reactive ketones (excluding diaryl/α,β-unsaturated/α-hetero) is 1. The summed E-state index contributed by atoms with van der Waals surface area (Å²) in [5, 5.41) is 0.624. The molecule has 0 bridgehead atoms. The van der Waals surface area contributed by atoms with E-state index in [1.54, 1.807) is 6.07 Å². The zero-order chi connectivity index (χ0) is 14.1. The van der Waals surface area contributed by atoms with E-state index in [9.17, 15) is 4.79 Å². The first-order valence-corrected chi connectivity index (χ1v) is 7.65. The number of fused-ring (bicyclic) bond motifs is 1. The molecule has 1 saturated carbocycles. The molecular formula is C16H19ClO3. The molecule has 1 aromatic carbocycles. The van der Waals surface area contributed by atoms with Gasteiger partial charge in [-0.2, -0.15) is 0 Å². The van der Waals surface area contributed by atoms with Crippen molar-refractivity contribution in [1.82, 2.24) is 0 Å². The number of ketones is 1. The van der Waals surface area contributed by atoms with Crippen LogP contribution in [0.5, 0.6) is 5.75 Å². The van der Waals surface area contributed by atoms with E-state index >= 15 is 0 Å². The van der Waals surface area contributed by atoms with Crippen LogP contribution in [0.2, 0.25) is 5.02 Å². The first kappa shape index (κ1) is 13.9. The van der Waals surface area contributed by atoms with Crippen molar-refractivity contribution in [2.24, 2.45) is 5.92 Å². The van der Waals surface area contributed by atoms with Gasteiger partial charge in [0.1, 0.15) is 5.75 Å². The van der Waals surface area contributed by atoms with Crippen molar-refractivity contribution >= 4 is 17.4 Å². The molecule has 0 atom stereocenters. The molecule has 0 N–H and O–H groups in total. The molecule has 3 rings (SSSR count). The van der Waals surface area contributed by atoms with E-state index in [-0.39, 0.29) is 5.78 Å². The molecule has 108 valence electrons. The fraction of sp³-hybridized carbons (Fsp3) is 0.562. The maximum Gasteiger partial charge on any atom is 0.166 e. The van der Waals surface area contributed by atoms with Gasteiger partial charge in [-0.25, -0.2) is 0 Å². The molecule has 1 aliphatic carbocycles. The Morgan fingerprint density at radius 2 is 2.25 bits per heavy atom. The van der Waals surface area contributed by atoms with E-state index in [1.165, 1.54) is 0 Å². The highest BCUT2D eigenvalue weighted by Gasteiger charge is 2.32. The summed E-state index contributed by atoms with van der Waals surface area (Å²) in [4.78, 5) is 12.4. The maximum atomic E-state index is 12.4. The number of ether oxygens (including phenoxy) is 2. The molecular weight excluding hydrogens is 276 g/mol. The van der Waals surface area contributed by atoms with Crippen molar-refractivity contribution < 1.29 is 14.3 Å². The van der Waals surface area contributed by atoms with Crippen LogP contribution in [0.3, 0.4) is 0 Å². The van der Waals surface area contributed by atoms with E-state index in [0.29, 0.717) is 35.6 Å². The first-order valence-electron chi connectivity index (χ1n) is 7.27. The van der Waals surface area contributed by atoms with Crippen molar-refractivity contribution in [3.05, 3.63) is 28.3 Å². The third kappa shape index (κ3) is 2.70. The highest BCUT2D eigenvalue weighted by atomic mass is 35.5. The molecule has 1 aliphatic heterocycles. The van der Waals surface area contributed by atoms with Gasteiger partial charge in [-0.15, -0.1) is 0 Å². The fourth-order valence-electron chi connectivity index (χ4n) is 3.06. The van der Waals surface area contributed by atoms with Gasteiger partial charge in [-0.05, 0) is 43.4 Å². The van der Waals surface area contributed by atoms with Gasteiger partial charge in [0, 0.05) is 24.5 Å². The third-order valence-electron chi connectivity index (χ3n) is 4.12. The normalized spacial score (nSPS) is 23.9. The Morgan fingerprint density at radius 3 is 3.00 bits per heavy atom. The number of carbonyl (C=O) groups excluding carboxylic acids is 1. The second-order valence-electron chi connectivity index (χ2n) is 5.58. The van der Waals surface area contributed by atoms with Gasteiger partial charge in [0.2, 0.25) is 0 Å². The van der Waals surface area contributed by atoms with Gasteiger partial charge < -0.3 is 9.47 Å². The van der Waals surface area contributed by atoms with Crippen LogP contribution in [0.25, 0.3) is 0 Å². The van der Waals surface area contributed by atoms with Crippen LogP contribution in [0.4, 0.5) is 0 Å². The number of halogens is 1.